The van der Waals surface area contributed by atoms with Gasteiger partial charge in [0.15, 0.2) is 0 Å². The van der Waals surface area contributed by atoms with Crippen molar-refractivity contribution in [2.24, 2.45) is 0 Å². The highest BCUT2D eigenvalue weighted by Gasteiger charge is 2.11. The highest BCUT2D eigenvalue weighted by atomic mass is 16.5. The van der Waals surface area contributed by atoms with Gasteiger partial charge in [0.2, 0.25) is 5.91 Å². The fourth-order valence-electron chi connectivity index (χ4n) is 1.06. The zero-order valence-corrected chi connectivity index (χ0v) is 7.38. The Morgan fingerprint density at radius 2 is 2.25 bits per heavy atom. The summed E-state index contributed by atoms with van der Waals surface area (Å²) < 4.78 is 5.14. The normalized spacial score (nSPS) is 19.1. The summed E-state index contributed by atoms with van der Waals surface area (Å²) in [5.41, 5.74) is 2.78. The first-order chi connectivity index (χ1) is 5.83. The molecule has 1 N–H and O–H groups in total. The number of morpholine rings is 1. The minimum atomic E-state index is -0.0144. The van der Waals surface area contributed by atoms with Gasteiger partial charge in [0.1, 0.15) is 0 Å². The van der Waals surface area contributed by atoms with Crippen molar-refractivity contribution in [3.8, 4) is 0 Å². The van der Waals surface area contributed by atoms with Crippen molar-refractivity contribution in [3.05, 3.63) is 6.42 Å². The van der Waals surface area contributed by atoms with Crippen molar-refractivity contribution < 1.29 is 9.53 Å². The predicted octanol–water partition coefficient (Wildman–Crippen LogP) is -0.0359. The summed E-state index contributed by atoms with van der Waals surface area (Å²) in [6.07, 6.45) is 2.41. The molecule has 0 aliphatic carbocycles. The Labute approximate surface area is 72.8 Å². The van der Waals surface area contributed by atoms with Gasteiger partial charge in [0.25, 0.3) is 0 Å². The molecule has 0 unspecified atom stereocenters. The smallest absolute Gasteiger partial charge is 0.238 e. The second-order valence-electron chi connectivity index (χ2n) is 2.69. The first kappa shape index (κ1) is 9.48. The lowest BCUT2D eigenvalue weighted by Crippen LogP contribution is -2.48. The van der Waals surface area contributed by atoms with Crippen LogP contribution >= 0.6 is 0 Å². The number of ether oxygens (including phenoxy) is 1. The van der Waals surface area contributed by atoms with Crippen LogP contribution in [0.2, 0.25) is 0 Å². The van der Waals surface area contributed by atoms with E-state index in [4.69, 9.17) is 4.74 Å². The molecule has 1 radical (unpaired) electrons. The molecule has 1 amide bonds. The molecule has 0 aromatic rings. The molecular weight excluding hydrogens is 156 g/mol. The quantitative estimate of drug-likeness (QED) is 0.648. The molecule has 1 aliphatic heterocycles. The third kappa shape index (κ3) is 3.19. The van der Waals surface area contributed by atoms with E-state index in [-0.39, 0.29) is 5.91 Å². The van der Waals surface area contributed by atoms with Crippen LogP contribution in [0.4, 0.5) is 0 Å². The van der Waals surface area contributed by atoms with Crippen LogP contribution in [-0.2, 0) is 9.53 Å². The molecule has 1 fully saturated rings. The van der Waals surface area contributed by atoms with E-state index >= 15 is 0 Å². The number of nitrogens with one attached hydrogen (secondary N) is 1. The van der Waals surface area contributed by atoms with Gasteiger partial charge < -0.3 is 4.74 Å². The van der Waals surface area contributed by atoms with Gasteiger partial charge in [-0.2, -0.15) is 0 Å². The van der Waals surface area contributed by atoms with Crippen LogP contribution in [0.1, 0.15) is 13.3 Å². The van der Waals surface area contributed by atoms with Crippen molar-refractivity contribution in [1.82, 2.24) is 10.4 Å². The van der Waals surface area contributed by atoms with E-state index in [1.807, 2.05) is 11.9 Å². The summed E-state index contributed by atoms with van der Waals surface area (Å²) in [5.74, 6) is -0.0144. The number of amides is 1. The Balaban J connectivity index is 2.15. The van der Waals surface area contributed by atoms with E-state index in [2.05, 4.69) is 5.43 Å². The molecule has 1 heterocycles. The number of carbonyl (C=O) groups excluding carboxylic acids is 1. The summed E-state index contributed by atoms with van der Waals surface area (Å²) in [6.45, 7) is 4.91. The maximum absolute atomic E-state index is 11.1. The minimum absolute atomic E-state index is 0.0144. The molecule has 0 bridgehead atoms. The second-order valence-corrected chi connectivity index (χ2v) is 2.69. The van der Waals surface area contributed by atoms with Gasteiger partial charge in [0.05, 0.1) is 19.6 Å². The number of carbonyl (C=O) groups is 1. The molecule has 1 rings (SSSR count). The maximum atomic E-state index is 11.1. The molecule has 0 aromatic heterocycles. The largest absolute Gasteiger partial charge is 0.379 e. The van der Waals surface area contributed by atoms with Gasteiger partial charge in [0, 0.05) is 13.1 Å². The van der Waals surface area contributed by atoms with Crippen LogP contribution < -0.4 is 5.43 Å². The Kier molecular flexibility index (Phi) is 4.04. The molecular formula is C8H15N2O2. The fourth-order valence-corrected chi connectivity index (χ4v) is 1.06. The van der Waals surface area contributed by atoms with Crippen molar-refractivity contribution in [3.63, 3.8) is 0 Å². The monoisotopic (exact) mass is 171 g/mol. The molecule has 4 heteroatoms. The van der Waals surface area contributed by atoms with Crippen LogP contribution in [0.3, 0.4) is 0 Å². The number of hydrogen-bond acceptors (Lipinski definition) is 3. The van der Waals surface area contributed by atoms with E-state index in [9.17, 15) is 4.79 Å². The zero-order valence-electron chi connectivity index (χ0n) is 7.38. The van der Waals surface area contributed by atoms with Gasteiger partial charge in [-0.05, 0) is 6.42 Å². The minimum Gasteiger partial charge on any atom is -0.379 e. The SMILES string of the molecule is CC[CH]C(=O)NN1CCOCC1. The van der Waals surface area contributed by atoms with Crippen molar-refractivity contribution in [2.75, 3.05) is 26.3 Å². The van der Waals surface area contributed by atoms with Crippen molar-refractivity contribution >= 4 is 5.91 Å². The third-order valence-corrected chi connectivity index (χ3v) is 1.67. The molecule has 4 nitrogen and oxygen atoms in total. The van der Waals surface area contributed by atoms with Crippen LogP contribution in [0.25, 0.3) is 0 Å². The summed E-state index contributed by atoms with van der Waals surface area (Å²) >= 11 is 0. The molecule has 69 valence electrons. The summed E-state index contributed by atoms with van der Waals surface area (Å²) in [7, 11) is 0. The molecule has 1 aliphatic rings. The van der Waals surface area contributed by atoms with E-state index in [1.165, 1.54) is 0 Å². The molecule has 0 saturated carbocycles. The third-order valence-electron chi connectivity index (χ3n) is 1.67. The van der Waals surface area contributed by atoms with Crippen molar-refractivity contribution in [2.45, 2.75) is 13.3 Å². The first-order valence-corrected chi connectivity index (χ1v) is 4.29. The van der Waals surface area contributed by atoms with Gasteiger partial charge in [-0.25, -0.2) is 5.01 Å². The zero-order chi connectivity index (χ0) is 8.81. The highest BCUT2D eigenvalue weighted by Crippen LogP contribution is 1.93. The Morgan fingerprint density at radius 3 is 2.83 bits per heavy atom. The van der Waals surface area contributed by atoms with Crippen LogP contribution in [0.15, 0.2) is 0 Å². The summed E-state index contributed by atoms with van der Waals surface area (Å²) in [5, 5.41) is 1.89. The van der Waals surface area contributed by atoms with E-state index in [1.54, 1.807) is 6.42 Å². The lowest BCUT2D eigenvalue weighted by Gasteiger charge is -2.26. The lowest BCUT2D eigenvalue weighted by molar-refractivity contribution is -0.124. The number of rotatable bonds is 3. The lowest BCUT2D eigenvalue weighted by atomic mass is 10.3. The number of nitrogens with zero attached hydrogens (tertiary/aromatic N) is 1. The van der Waals surface area contributed by atoms with Crippen molar-refractivity contribution in [1.29, 1.82) is 0 Å². The molecule has 1 saturated heterocycles. The van der Waals surface area contributed by atoms with Gasteiger partial charge in [-0.3, -0.25) is 10.2 Å². The van der Waals surface area contributed by atoms with Crippen LogP contribution in [0, 0.1) is 6.42 Å². The average molecular weight is 171 g/mol. The van der Waals surface area contributed by atoms with Crippen LogP contribution in [0.5, 0.6) is 0 Å². The fraction of sp³-hybridized carbons (Fsp3) is 0.750. The number of hydrazine groups is 1. The Morgan fingerprint density at radius 1 is 1.58 bits per heavy atom. The topological polar surface area (TPSA) is 41.6 Å². The van der Waals surface area contributed by atoms with E-state index < -0.39 is 0 Å². The first-order valence-electron chi connectivity index (χ1n) is 4.29. The maximum Gasteiger partial charge on any atom is 0.238 e. The summed E-state index contributed by atoms with van der Waals surface area (Å²) in [6, 6.07) is 0. The number of hydrogen-bond donors (Lipinski definition) is 1. The Bertz CT molecular complexity index is 144. The van der Waals surface area contributed by atoms with E-state index in [0.717, 1.165) is 19.5 Å². The second kappa shape index (κ2) is 5.11. The Hall–Kier alpha value is -0.610. The molecule has 12 heavy (non-hydrogen) atoms. The summed E-state index contributed by atoms with van der Waals surface area (Å²) in [4.78, 5) is 11.1. The molecule has 0 aromatic carbocycles. The molecule has 0 atom stereocenters. The van der Waals surface area contributed by atoms with Gasteiger partial charge >= 0.3 is 0 Å². The van der Waals surface area contributed by atoms with Gasteiger partial charge in [-0.1, -0.05) is 6.92 Å². The molecule has 0 spiro atoms. The standard InChI is InChI=1S/C8H15N2O2/c1-2-3-8(11)9-10-4-6-12-7-5-10/h3H,2,4-7H2,1H3,(H,9,11). The predicted molar refractivity (Wildman–Crippen MR) is 45.1 cm³/mol. The van der Waals surface area contributed by atoms with Crippen LogP contribution in [-0.4, -0.2) is 37.2 Å². The average Bonchev–Trinajstić information content (AvgIpc) is 2.06. The van der Waals surface area contributed by atoms with E-state index in [0.29, 0.717) is 13.2 Å². The highest BCUT2D eigenvalue weighted by molar-refractivity contribution is 5.83. The van der Waals surface area contributed by atoms with Gasteiger partial charge in [-0.15, -0.1) is 0 Å².